The number of aliphatic hydroxyl groups excluding tert-OH is 1. The summed E-state index contributed by atoms with van der Waals surface area (Å²) >= 11 is 6.73. The number of H-pyrrole nitrogens is 1. The Kier molecular flexibility index (Phi) is 4.69. The molecule has 0 saturated carbocycles. The second kappa shape index (κ2) is 6.29. The lowest BCUT2D eigenvalue weighted by atomic mass is 10.3. The number of nitrogens with one attached hydrogen (secondary N) is 2. The van der Waals surface area contributed by atoms with Crippen molar-refractivity contribution < 1.29 is 9.90 Å². The standard InChI is InChI=1S/C12H16N4O2S2/c1-7(17)6-13-11(18)8(2)16-10(14-15-12(16)19)9-4-3-5-20-9/h3-5,7-8,17H,6H2,1-2H3,(H,13,18)(H,15,19)/t7-,8?/m0/s1. The molecule has 108 valence electrons. The molecule has 0 bridgehead atoms. The predicted molar refractivity (Wildman–Crippen MR) is 80.1 cm³/mol. The molecule has 1 amide bonds. The Morgan fingerprint density at radius 2 is 2.40 bits per heavy atom. The quantitative estimate of drug-likeness (QED) is 0.734. The Morgan fingerprint density at radius 3 is 3.00 bits per heavy atom. The van der Waals surface area contributed by atoms with Gasteiger partial charge in [-0.15, -0.1) is 11.3 Å². The smallest absolute Gasteiger partial charge is 0.243 e. The number of aromatic amines is 1. The van der Waals surface area contributed by atoms with Gasteiger partial charge in [-0.05, 0) is 37.5 Å². The lowest BCUT2D eigenvalue weighted by Gasteiger charge is -2.15. The summed E-state index contributed by atoms with van der Waals surface area (Å²) in [5, 5.41) is 20.7. The summed E-state index contributed by atoms with van der Waals surface area (Å²) < 4.78 is 2.08. The van der Waals surface area contributed by atoms with E-state index in [1.165, 1.54) is 11.3 Å². The van der Waals surface area contributed by atoms with Crippen molar-refractivity contribution in [1.29, 1.82) is 0 Å². The minimum Gasteiger partial charge on any atom is -0.392 e. The molecule has 0 aliphatic heterocycles. The van der Waals surface area contributed by atoms with Gasteiger partial charge in [-0.25, -0.2) is 0 Å². The van der Waals surface area contributed by atoms with Gasteiger partial charge in [0.05, 0.1) is 11.0 Å². The SMILES string of the molecule is CC(C(=O)NC[C@H](C)O)n1c(-c2cccs2)n[nH]c1=S. The molecule has 0 aliphatic rings. The summed E-state index contributed by atoms with van der Waals surface area (Å²) in [7, 11) is 0. The van der Waals surface area contributed by atoms with Gasteiger partial charge in [0.15, 0.2) is 10.6 Å². The number of carbonyl (C=O) groups is 1. The molecule has 2 aromatic heterocycles. The van der Waals surface area contributed by atoms with Gasteiger partial charge >= 0.3 is 0 Å². The predicted octanol–water partition coefficient (Wildman–Crippen LogP) is 1.73. The van der Waals surface area contributed by atoms with Crippen LogP contribution in [0.15, 0.2) is 17.5 Å². The van der Waals surface area contributed by atoms with Crippen molar-refractivity contribution in [3.63, 3.8) is 0 Å². The van der Waals surface area contributed by atoms with Gasteiger partial charge in [0.25, 0.3) is 0 Å². The van der Waals surface area contributed by atoms with Crippen molar-refractivity contribution in [1.82, 2.24) is 20.1 Å². The normalized spacial score (nSPS) is 13.9. The fourth-order valence-corrected chi connectivity index (χ4v) is 2.76. The molecule has 3 N–H and O–H groups in total. The maximum Gasteiger partial charge on any atom is 0.243 e. The number of rotatable bonds is 5. The summed E-state index contributed by atoms with van der Waals surface area (Å²) in [4.78, 5) is 13.0. The van der Waals surface area contributed by atoms with Crippen molar-refractivity contribution in [2.45, 2.75) is 26.0 Å². The average molecular weight is 312 g/mol. The van der Waals surface area contributed by atoms with Gasteiger partial charge in [-0.1, -0.05) is 6.07 Å². The van der Waals surface area contributed by atoms with Crippen LogP contribution in [0.2, 0.25) is 0 Å². The van der Waals surface area contributed by atoms with Crippen molar-refractivity contribution in [2.75, 3.05) is 6.54 Å². The van der Waals surface area contributed by atoms with Crippen LogP contribution in [-0.4, -0.2) is 38.4 Å². The first-order valence-corrected chi connectivity index (χ1v) is 7.46. The highest BCUT2D eigenvalue weighted by atomic mass is 32.1. The van der Waals surface area contributed by atoms with Gasteiger partial charge in [0, 0.05) is 6.54 Å². The molecule has 0 fully saturated rings. The number of carbonyl (C=O) groups excluding carboxylic acids is 1. The zero-order valence-electron chi connectivity index (χ0n) is 11.2. The summed E-state index contributed by atoms with van der Waals surface area (Å²) in [6.45, 7) is 3.58. The van der Waals surface area contributed by atoms with Gasteiger partial charge in [0.2, 0.25) is 5.91 Å². The first-order chi connectivity index (χ1) is 9.50. The molecule has 0 saturated heterocycles. The summed E-state index contributed by atoms with van der Waals surface area (Å²) in [6.07, 6.45) is -0.583. The maximum absolute atomic E-state index is 12.1. The summed E-state index contributed by atoms with van der Waals surface area (Å²) in [5.41, 5.74) is 0. The Morgan fingerprint density at radius 1 is 1.65 bits per heavy atom. The number of hydrogen-bond donors (Lipinski definition) is 3. The molecular weight excluding hydrogens is 296 g/mol. The lowest BCUT2D eigenvalue weighted by Crippen LogP contribution is -2.35. The molecule has 0 aromatic carbocycles. The lowest BCUT2D eigenvalue weighted by molar-refractivity contribution is -0.124. The van der Waals surface area contributed by atoms with Crippen molar-refractivity contribution in [3.8, 4) is 10.7 Å². The van der Waals surface area contributed by atoms with E-state index in [0.29, 0.717) is 10.6 Å². The topological polar surface area (TPSA) is 82.9 Å². The van der Waals surface area contributed by atoms with E-state index in [2.05, 4.69) is 15.5 Å². The minimum atomic E-state index is -0.583. The van der Waals surface area contributed by atoms with E-state index in [1.807, 2.05) is 17.5 Å². The highest BCUT2D eigenvalue weighted by Gasteiger charge is 2.21. The number of aliphatic hydroxyl groups is 1. The molecule has 0 aliphatic carbocycles. The highest BCUT2D eigenvalue weighted by Crippen LogP contribution is 2.25. The van der Waals surface area contributed by atoms with Gasteiger partial charge < -0.3 is 10.4 Å². The average Bonchev–Trinajstić information content (AvgIpc) is 3.03. The van der Waals surface area contributed by atoms with Crippen LogP contribution in [0.25, 0.3) is 10.7 Å². The van der Waals surface area contributed by atoms with Crippen LogP contribution in [0, 0.1) is 4.77 Å². The summed E-state index contributed by atoms with van der Waals surface area (Å²) in [6, 6.07) is 3.34. The van der Waals surface area contributed by atoms with Crippen LogP contribution in [0.5, 0.6) is 0 Å². The molecule has 2 atom stereocenters. The van der Waals surface area contributed by atoms with Crippen LogP contribution in [0.4, 0.5) is 0 Å². The number of nitrogens with zero attached hydrogens (tertiary/aromatic N) is 2. The largest absolute Gasteiger partial charge is 0.392 e. The van der Waals surface area contributed by atoms with Crippen molar-refractivity contribution >= 4 is 29.5 Å². The first kappa shape index (κ1) is 14.9. The number of hydrogen-bond acceptors (Lipinski definition) is 5. The van der Waals surface area contributed by atoms with E-state index in [4.69, 9.17) is 12.2 Å². The van der Waals surface area contributed by atoms with E-state index >= 15 is 0 Å². The third-order valence-electron chi connectivity index (χ3n) is 2.78. The van der Waals surface area contributed by atoms with Gasteiger partial charge in [-0.3, -0.25) is 14.5 Å². The number of thiophene rings is 1. The van der Waals surface area contributed by atoms with E-state index in [0.717, 1.165) is 4.88 Å². The van der Waals surface area contributed by atoms with E-state index < -0.39 is 12.1 Å². The molecule has 2 aromatic rings. The van der Waals surface area contributed by atoms with E-state index in [1.54, 1.807) is 18.4 Å². The Labute approximate surface area is 125 Å². The molecule has 6 nitrogen and oxygen atoms in total. The zero-order valence-corrected chi connectivity index (χ0v) is 12.8. The minimum absolute atomic E-state index is 0.207. The third-order valence-corrected chi connectivity index (χ3v) is 3.94. The fraction of sp³-hybridized carbons (Fsp3) is 0.417. The van der Waals surface area contributed by atoms with E-state index in [9.17, 15) is 9.90 Å². The highest BCUT2D eigenvalue weighted by molar-refractivity contribution is 7.71. The first-order valence-electron chi connectivity index (χ1n) is 6.17. The third kappa shape index (κ3) is 3.14. The molecule has 0 radical (unpaired) electrons. The van der Waals surface area contributed by atoms with Crippen LogP contribution in [-0.2, 0) is 4.79 Å². The Balaban J connectivity index is 2.26. The van der Waals surface area contributed by atoms with Gasteiger partial charge in [-0.2, -0.15) is 5.10 Å². The van der Waals surface area contributed by atoms with Crippen LogP contribution >= 0.6 is 23.6 Å². The van der Waals surface area contributed by atoms with Crippen LogP contribution in [0.1, 0.15) is 19.9 Å². The Hall–Kier alpha value is -1.51. The molecule has 20 heavy (non-hydrogen) atoms. The molecule has 2 rings (SSSR count). The second-order valence-electron chi connectivity index (χ2n) is 4.47. The molecule has 8 heteroatoms. The summed E-state index contributed by atoms with van der Waals surface area (Å²) in [5.74, 6) is 0.436. The zero-order chi connectivity index (χ0) is 14.7. The van der Waals surface area contributed by atoms with Crippen LogP contribution < -0.4 is 5.32 Å². The Bertz CT molecular complexity index is 630. The fourth-order valence-electron chi connectivity index (χ4n) is 1.76. The number of aromatic nitrogens is 3. The molecular formula is C12H16N4O2S2. The monoisotopic (exact) mass is 312 g/mol. The molecule has 0 spiro atoms. The van der Waals surface area contributed by atoms with Crippen molar-refractivity contribution in [2.24, 2.45) is 0 Å². The van der Waals surface area contributed by atoms with Crippen LogP contribution in [0.3, 0.4) is 0 Å². The molecule has 2 heterocycles. The maximum atomic E-state index is 12.1. The van der Waals surface area contributed by atoms with E-state index in [-0.39, 0.29) is 12.5 Å². The molecule has 1 unspecified atom stereocenters. The number of amides is 1. The van der Waals surface area contributed by atoms with Crippen molar-refractivity contribution in [3.05, 3.63) is 22.3 Å². The van der Waals surface area contributed by atoms with Gasteiger partial charge in [0.1, 0.15) is 6.04 Å². The second-order valence-corrected chi connectivity index (χ2v) is 5.80.